The molecule has 318 valence electrons. The Hall–Kier alpha value is -3.95. The maximum atomic E-state index is 12.1. The summed E-state index contributed by atoms with van der Waals surface area (Å²) in [5.41, 5.74) is 7.47. The second-order valence-electron chi connectivity index (χ2n) is 17.4. The Morgan fingerprint density at radius 3 is 2.05 bits per heavy atom. The first-order chi connectivity index (χ1) is 27.7. The van der Waals surface area contributed by atoms with Crippen LogP contribution in [-0.2, 0) is 44.7 Å². The van der Waals surface area contributed by atoms with Crippen LogP contribution >= 0.6 is 0 Å². The number of hydrogen-bond acceptors (Lipinski definition) is 8. The Labute approximate surface area is 348 Å². The molecule has 3 aromatic carbocycles. The smallest absolute Gasteiger partial charge is 0.333 e. The molecule has 1 aliphatic rings. The molecule has 2 N–H and O–H groups in total. The van der Waals surface area contributed by atoms with Gasteiger partial charge in [0.25, 0.3) is 0 Å². The SMILES string of the molecule is C=C(C)C(=O)OCCOc1cc(CCc2ccc(CCCCC)cc2)ccc1-c1ccc(OCCC(CO)(CO)CCC(C)(C)C)c(CCOC2CC(C(=C)C)O2)c1. The molecule has 0 aromatic heterocycles. The minimum absolute atomic E-state index is 0.0374. The first-order valence-corrected chi connectivity index (χ1v) is 21.3. The van der Waals surface area contributed by atoms with Crippen molar-refractivity contribution in [3.8, 4) is 22.6 Å². The van der Waals surface area contributed by atoms with Gasteiger partial charge in [0.15, 0.2) is 6.29 Å². The van der Waals surface area contributed by atoms with Crippen molar-refractivity contribution in [2.24, 2.45) is 10.8 Å². The average Bonchev–Trinajstić information content (AvgIpc) is 3.18. The van der Waals surface area contributed by atoms with Crippen LogP contribution in [0.3, 0.4) is 0 Å². The Morgan fingerprint density at radius 1 is 0.759 bits per heavy atom. The number of hydrogen-bond donors (Lipinski definition) is 2. The number of carbonyl (C=O) groups excluding carboxylic acids is 1. The van der Waals surface area contributed by atoms with E-state index in [1.54, 1.807) is 6.92 Å². The number of carbonyl (C=O) groups is 1. The van der Waals surface area contributed by atoms with Crippen molar-refractivity contribution in [3.05, 3.63) is 107 Å². The molecule has 8 nitrogen and oxygen atoms in total. The summed E-state index contributed by atoms with van der Waals surface area (Å²) in [6.07, 6.45) is 9.83. The number of aliphatic hydroxyl groups is 2. The van der Waals surface area contributed by atoms with Gasteiger partial charge in [0.1, 0.15) is 24.7 Å². The van der Waals surface area contributed by atoms with E-state index in [9.17, 15) is 15.0 Å². The normalized spacial score (nSPS) is 15.4. The number of esters is 1. The Bertz CT molecular complexity index is 1740. The number of rotatable bonds is 26. The first-order valence-electron chi connectivity index (χ1n) is 21.3. The van der Waals surface area contributed by atoms with Crippen LogP contribution in [0.15, 0.2) is 85.0 Å². The van der Waals surface area contributed by atoms with E-state index in [1.165, 1.54) is 30.4 Å². The number of aliphatic hydroxyl groups excluding tert-OH is 2. The van der Waals surface area contributed by atoms with Crippen molar-refractivity contribution in [3.63, 3.8) is 0 Å². The second kappa shape index (κ2) is 23.0. The highest BCUT2D eigenvalue weighted by Crippen LogP contribution is 2.37. The minimum atomic E-state index is -0.623. The summed E-state index contributed by atoms with van der Waals surface area (Å²) in [4.78, 5) is 12.1. The van der Waals surface area contributed by atoms with Crippen molar-refractivity contribution < 1.29 is 38.7 Å². The maximum absolute atomic E-state index is 12.1. The van der Waals surface area contributed by atoms with E-state index < -0.39 is 11.4 Å². The van der Waals surface area contributed by atoms with E-state index in [-0.39, 0.29) is 44.2 Å². The summed E-state index contributed by atoms with van der Waals surface area (Å²) in [5.74, 6) is 0.988. The molecule has 1 fully saturated rings. The fourth-order valence-corrected chi connectivity index (χ4v) is 6.89. The van der Waals surface area contributed by atoms with E-state index in [0.29, 0.717) is 43.8 Å². The van der Waals surface area contributed by atoms with Gasteiger partial charge in [0.2, 0.25) is 0 Å². The van der Waals surface area contributed by atoms with Gasteiger partial charge in [0.05, 0.1) is 32.5 Å². The van der Waals surface area contributed by atoms with E-state index in [4.69, 9.17) is 23.7 Å². The molecule has 3 aromatic rings. The molecule has 1 aliphatic heterocycles. The van der Waals surface area contributed by atoms with Gasteiger partial charge in [-0.05, 0) is 117 Å². The average molecular weight is 799 g/mol. The van der Waals surface area contributed by atoms with Crippen LogP contribution in [0.4, 0.5) is 0 Å². The lowest BCUT2D eigenvalue weighted by atomic mass is 9.76. The Morgan fingerprint density at radius 2 is 1.41 bits per heavy atom. The molecule has 0 amide bonds. The van der Waals surface area contributed by atoms with Crippen molar-refractivity contribution in [1.82, 2.24) is 0 Å². The topological polar surface area (TPSA) is 104 Å². The maximum Gasteiger partial charge on any atom is 0.333 e. The summed E-state index contributed by atoms with van der Waals surface area (Å²) in [7, 11) is 0. The highest BCUT2D eigenvalue weighted by atomic mass is 16.7. The van der Waals surface area contributed by atoms with Crippen LogP contribution < -0.4 is 9.47 Å². The lowest BCUT2D eigenvalue weighted by Gasteiger charge is -2.36. The van der Waals surface area contributed by atoms with Gasteiger partial charge in [-0.1, -0.05) is 102 Å². The summed E-state index contributed by atoms with van der Waals surface area (Å²) in [6.45, 7) is 20.9. The highest BCUT2D eigenvalue weighted by molar-refractivity contribution is 5.86. The molecule has 0 aliphatic carbocycles. The molecule has 8 heteroatoms. The van der Waals surface area contributed by atoms with Gasteiger partial charge < -0.3 is 33.9 Å². The molecule has 0 bridgehead atoms. The molecular formula is C50H70O8. The molecule has 2 unspecified atom stereocenters. The monoisotopic (exact) mass is 799 g/mol. The summed E-state index contributed by atoms with van der Waals surface area (Å²) < 4.78 is 30.1. The molecule has 0 saturated carbocycles. The quantitative estimate of drug-likeness (QED) is 0.0358. The lowest BCUT2D eigenvalue weighted by Crippen LogP contribution is -2.40. The van der Waals surface area contributed by atoms with Crippen molar-refractivity contribution >= 4 is 5.97 Å². The number of unbranched alkanes of at least 4 members (excludes halogenated alkanes) is 2. The molecule has 1 heterocycles. The van der Waals surface area contributed by atoms with Gasteiger partial charge in [0, 0.05) is 23.0 Å². The molecule has 0 radical (unpaired) electrons. The van der Waals surface area contributed by atoms with Gasteiger partial charge in [-0.3, -0.25) is 0 Å². The Kier molecular flexibility index (Phi) is 18.5. The third-order valence-corrected chi connectivity index (χ3v) is 11.0. The Balaban J connectivity index is 1.55. The summed E-state index contributed by atoms with van der Waals surface area (Å²) in [6, 6.07) is 21.5. The zero-order valence-electron chi connectivity index (χ0n) is 36.2. The van der Waals surface area contributed by atoms with Crippen LogP contribution in [-0.4, -0.2) is 68.2 Å². The fourth-order valence-electron chi connectivity index (χ4n) is 6.89. The fraction of sp³-hybridized carbons (Fsp3) is 0.540. The number of ether oxygens (including phenoxy) is 5. The van der Waals surface area contributed by atoms with Crippen LogP contribution in [0.2, 0.25) is 0 Å². The van der Waals surface area contributed by atoms with Gasteiger partial charge >= 0.3 is 5.97 Å². The van der Waals surface area contributed by atoms with Crippen LogP contribution in [0.5, 0.6) is 11.5 Å². The van der Waals surface area contributed by atoms with E-state index in [0.717, 1.165) is 65.7 Å². The third-order valence-electron chi connectivity index (χ3n) is 11.0. The predicted molar refractivity (Wildman–Crippen MR) is 233 cm³/mol. The zero-order chi connectivity index (χ0) is 42.1. The first kappa shape index (κ1) is 46.7. The molecule has 1 saturated heterocycles. The van der Waals surface area contributed by atoms with Crippen molar-refractivity contribution in [2.75, 3.05) is 39.6 Å². The second-order valence-corrected chi connectivity index (χ2v) is 17.4. The van der Waals surface area contributed by atoms with Gasteiger partial charge in [-0.2, -0.15) is 0 Å². The van der Waals surface area contributed by atoms with Crippen molar-refractivity contribution in [1.29, 1.82) is 0 Å². The van der Waals surface area contributed by atoms with Crippen molar-refractivity contribution in [2.45, 2.75) is 125 Å². The van der Waals surface area contributed by atoms with Crippen LogP contribution in [0.1, 0.15) is 109 Å². The molecule has 2 atom stereocenters. The van der Waals surface area contributed by atoms with Gasteiger partial charge in [-0.15, -0.1) is 0 Å². The minimum Gasteiger partial charge on any atom is -0.493 e. The molecular weight excluding hydrogens is 729 g/mol. The van der Waals surface area contributed by atoms with E-state index >= 15 is 0 Å². The highest BCUT2D eigenvalue weighted by Gasteiger charge is 2.32. The number of aryl methyl sites for hydroxylation is 3. The standard InChI is InChI=1S/C50H70O8/c1-9-10-11-12-38-13-15-39(16-14-38)17-18-40-19-21-43(46(31-40)55-29-30-57-48(53)37(4)5)41-20-22-44(42(32-41)23-27-56-47-33-45(58-47)36(2)3)54-28-26-50(34-51,35-52)25-24-49(6,7)8/h13-16,19-22,31-32,45,47,51-52H,2,4,9-12,17-18,23-30,33-35H2,1,3,5-8H3. The van der Waals surface area contributed by atoms with Crippen LogP contribution in [0, 0.1) is 10.8 Å². The zero-order valence-corrected chi connectivity index (χ0v) is 36.2. The molecule has 58 heavy (non-hydrogen) atoms. The van der Waals surface area contributed by atoms with Crippen LogP contribution in [0.25, 0.3) is 11.1 Å². The molecule has 4 rings (SSSR count). The lowest BCUT2D eigenvalue weighted by molar-refractivity contribution is -0.244. The van der Waals surface area contributed by atoms with Gasteiger partial charge in [-0.25, -0.2) is 4.79 Å². The number of benzene rings is 3. The largest absolute Gasteiger partial charge is 0.493 e. The predicted octanol–water partition coefficient (Wildman–Crippen LogP) is 10.2. The van der Waals surface area contributed by atoms with E-state index in [2.05, 4.69) is 89.4 Å². The summed E-state index contributed by atoms with van der Waals surface area (Å²) >= 11 is 0. The summed E-state index contributed by atoms with van der Waals surface area (Å²) in [5, 5.41) is 20.7. The molecule has 0 spiro atoms. The van der Waals surface area contributed by atoms with E-state index in [1.807, 2.05) is 19.1 Å². The third kappa shape index (κ3) is 15.0.